The maximum atomic E-state index is 11.4. The van der Waals surface area contributed by atoms with Crippen LogP contribution >= 0.6 is 0 Å². The number of ether oxygens (including phenoxy) is 4. The molecule has 7 nitrogen and oxygen atoms in total. The smallest absolute Gasteiger partial charge is 0.234 e. The molecule has 0 aliphatic rings. The van der Waals surface area contributed by atoms with E-state index < -0.39 is 0 Å². The molecule has 0 aliphatic heterocycles. The molecule has 0 saturated carbocycles. The van der Waals surface area contributed by atoms with Gasteiger partial charge in [-0.25, -0.2) is 0 Å². The van der Waals surface area contributed by atoms with E-state index in [-0.39, 0.29) is 12.3 Å². The number of para-hydroxylation sites is 2. The zero-order valence-electron chi connectivity index (χ0n) is 16.1. The second kappa shape index (κ2) is 11.3. The lowest BCUT2D eigenvalue weighted by molar-refractivity contribution is -0.120. The third-order valence-corrected chi connectivity index (χ3v) is 3.70. The number of methoxy groups -OCH3 is 1. The van der Waals surface area contributed by atoms with E-state index in [1.54, 1.807) is 13.2 Å². The number of hydrogen-bond donors (Lipinski definition) is 1. The Labute approximate surface area is 164 Å². The maximum Gasteiger partial charge on any atom is 0.234 e. The first-order valence-electron chi connectivity index (χ1n) is 8.96. The molecule has 2 aromatic rings. The highest BCUT2D eigenvalue weighted by Crippen LogP contribution is 2.29. The molecule has 0 aliphatic carbocycles. The Balaban J connectivity index is 1.91. The first kappa shape index (κ1) is 20.9. The van der Waals surface area contributed by atoms with Crippen LogP contribution in [0.15, 0.2) is 42.5 Å². The molecule has 0 saturated heterocycles. The van der Waals surface area contributed by atoms with Crippen LogP contribution in [0.5, 0.6) is 23.0 Å². The van der Waals surface area contributed by atoms with Gasteiger partial charge in [0.15, 0.2) is 23.0 Å². The lowest BCUT2D eigenvalue weighted by Crippen LogP contribution is -2.21. The summed E-state index contributed by atoms with van der Waals surface area (Å²) in [5.74, 6) is 2.20. The second-order valence-corrected chi connectivity index (χ2v) is 5.67. The summed E-state index contributed by atoms with van der Waals surface area (Å²) >= 11 is 0. The third-order valence-electron chi connectivity index (χ3n) is 3.70. The SMILES string of the molecule is CCOc1cc(CNC(=O)CC#N)ccc1OCCOc1ccccc1OC. The number of nitriles is 1. The van der Waals surface area contributed by atoms with Crippen LogP contribution < -0.4 is 24.3 Å². The Kier molecular flexibility index (Phi) is 8.47. The van der Waals surface area contributed by atoms with Crippen LogP contribution in [0.4, 0.5) is 0 Å². The topological polar surface area (TPSA) is 89.8 Å². The molecule has 148 valence electrons. The van der Waals surface area contributed by atoms with Crippen molar-refractivity contribution in [2.45, 2.75) is 19.9 Å². The zero-order valence-corrected chi connectivity index (χ0v) is 16.1. The molecule has 0 bridgehead atoms. The summed E-state index contributed by atoms with van der Waals surface area (Å²) in [5.41, 5.74) is 0.854. The number of carbonyl (C=O) groups excluding carboxylic acids is 1. The van der Waals surface area contributed by atoms with E-state index in [0.29, 0.717) is 49.4 Å². The van der Waals surface area contributed by atoms with Gasteiger partial charge in [0.1, 0.15) is 19.6 Å². The van der Waals surface area contributed by atoms with Gasteiger partial charge in [0.2, 0.25) is 5.91 Å². The number of nitrogens with zero attached hydrogens (tertiary/aromatic N) is 1. The van der Waals surface area contributed by atoms with Crippen molar-refractivity contribution >= 4 is 5.91 Å². The number of benzene rings is 2. The standard InChI is InChI=1S/C21H24N2O5/c1-3-26-20-14-16(15-23-21(24)10-11-22)8-9-19(20)28-13-12-27-18-7-5-4-6-17(18)25-2/h4-9,14H,3,10,12-13,15H2,1-2H3,(H,23,24). The normalized spacial score (nSPS) is 9.89. The maximum absolute atomic E-state index is 11.4. The van der Waals surface area contributed by atoms with Crippen LogP contribution in [0.2, 0.25) is 0 Å². The molecule has 0 aromatic heterocycles. The highest BCUT2D eigenvalue weighted by atomic mass is 16.5. The molecular weight excluding hydrogens is 360 g/mol. The van der Waals surface area contributed by atoms with Crippen molar-refractivity contribution in [2.24, 2.45) is 0 Å². The van der Waals surface area contributed by atoms with Crippen LogP contribution in [-0.2, 0) is 11.3 Å². The lowest BCUT2D eigenvalue weighted by Gasteiger charge is -2.15. The van der Waals surface area contributed by atoms with Crippen molar-refractivity contribution < 1.29 is 23.7 Å². The molecule has 0 heterocycles. The Morgan fingerprint density at radius 2 is 1.68 bits per heavy atom. The average Bonchev–Trinajstić information content (AvgIpc) is 2.71. The Hall–Kier alpha value is -3.40. The Bertz CT molecular complexity index is 817. The summed E-state index contributed by atoms with van der Waals surface area (Å²) in [6.07, 6.45) is -0.161. The quantitative estimate of drug-likeness (QED) is 0.599. The van der Waals surface area contributed by atoms with Gasteiger partial charge in [0.05, 0.1) is 19.8 Å². The molecule has 0 atom stereocenters. The number of amides is 1. The van der Waals surface area contributed by atoms with Crippen LogP contribution in [0.1, 0.15) is 18.9 Å². The van der Waals surface area contributed by atoms with E-state index >= 15 is 0 Å². The van der Waals surface area contributed by atoms with E-state index in [2.05, 4.69) is 5.32 Å². The van der Waals surface area contributed by atoms with Crippen molar-refractivity contribution in [1.29, 1.82) is 5.26 Å². The number of nitrogens with one attached hydrogen (secondary N) is 1. The van der Waals surface area contributed by atoms with E-state index in [9.17, 15) is 4.79 Å². The molecule has 28 heavy (non-hydrogen) atoms. The largest absolute Gasteiger partial charge is 0.493 e. The highest BCUT2D eigenvalue weighted by molar-refractivity contribution is 5.77. The van der Waals surface area contributed by atoms with Gasteiger partial charge in [-0.15, -0.1) is 0 Å². The summed E-state index contributed by atoms with van der Waals surface area (Å²) < 4.78 is 22.4. The van der Waals surface area contributed by atoms with Crippen molar-refractivity contribution in [1.82, 2.24) is 5.32 Å². The Morgan fingerprint density at radius 3 is 2.32 bits per heavy atom. The molecule has 1 amide bonds. The number of carbonyl (C=O) groups is 1. The summed E-state index contributed by atoms with van der Waals surface area (Å²) in [6.45, 7) is 3.36. The van der Waals surface area contributed by atoms with E-state index in [4.69, 9.17) is 24.2 Å². The summed E-state index contributed by atoms with van der Waals surface area (Å²) in [5, 5.41) is 11.2. The molecule has 0 unspecified atom stereocenters. The molecule has 1 N–H and O–H groups in total. The van der Waals surface area contributed by atoms with Crippen molar-refractivity contribution in [3.05, 3.63) is 48.0 Å². The van der Waals surface area contributed by atoms with Gasteiger partial charge in [-0.2, -0.15) is 5.26 Å². The summed E-state index contributed by atoms with van der Waals surface area (Å²) in [6, 6.07) is 14.7. The fourth-order valence-corrected chi connectivity index (χ4v) is 2.43. The first-order valence-corrected chi connectivity index (χ1v) is 8.96. The average molecular weight is 384 g/mol. The predicted molar refractivity (Wildman–Crippen MR) is 104 cm³/mol. The van der Waals surface area contributed by atoms with Gasteiger partial charge in [0.25, 0.3) is 0 Å². The summed E-state index contributed by atoms with van der Waals surface area (Å²) in [4.78, 5) is 11.4. The molecule has 0 fully saturated rings. The molecule has 2 aromatic carbocycles. The zero-order chi connectivity index (χ0) is 20.2. The molecular formula is C21H24N2O5. The fraction of sp³-hybridized carbons (Fsp3) is 0.333. The summed E-state index contributed by atoms with van der Waals surface area (Å²) in [7, 11) is 1.59. The predicted octanol–water partition coefficient (Wildman–Crippen LogP) is 3.08. The van der Waals surface area contributed by atoms with Gasteiger partial charge >= 0.3 is 0 Å². The van der Waals surface area contributed by atoms with Gasteiger partial charge < -0.3 is 24.3 Å². The third kappa shape index (κ3) is 6.40. The second-order valence-electron chi connectivity index (χ2n) is 5.67. The highest BCUT2D eigenvalue weighted by Gasteiger charge is 2.09. The van der Waals surface area contributed by atoms with Crippen molar-refractivity contribution in [2.75, 3.05) is 26.9 Å². The van der Waals surface area contributed by atoms with Crippen molar-refractivity contribution in [3.63, 3.8) is 0 Å². The molecule has 2 rings (SSSR count). The van der Waals surface area contributed by atoms with E-state index in [1.807, 2.05) is 49.4 Å². The molecule has 0 radical (unpaired) electrons. The monoisotopic (exact) mass is 384 g/mol. The minimum Gasteiger partial charge on any atom is -0.493 e. The van der Waals surface area contributed by atoms with Crippen LogP contribution in [-0.4, -0.2) is 32.8 Å². The van der Waals surface area contributed by atoms with Gasteiger partial charge in [0, 0.05) is 6.54 Å². The minimum atomic E-state index is -0.311. The van der Waals surface area contributed by atoms with Crippen LogP contribution in [0.3, 0.4) is 0 Å². The van der Waals surface area contributed by atoms with E-state index in [1.165, 1.54) is 0 Å². The van der Waals surface area contributed by atoms with E-state index in [0.717, 1.165) is 5.56 Å². The fourth-order valence-electron chi connectivity index (χ4n) is 2.43. The van der Waals surface area contributed by atoms with Gasteiger partial charge in [-0.3, -0.25) is 4.79 Å². The van der Waals surface area contributed by atoms with Gasteiger partial charge in [-0.1, -0.05) is 18.2 Å². The van der Waals surface area contributed by atoms with Crippen LogP contribution in [0, 0.1) is 11.3 Å². The first-order chi connectivity index (χ1) is 13.7. The number of rotatable bonds is 11. The van der Waals surface area contributed by atoms with Crippen molar-refractivity contribution in [3.8, 4) is 29.1 Å². The Morgan fingerprint density at radius 1 is 1.00 bits per heavy atom. The van der Waals surface area contributed by atoms with Crippen LogP contribution in [0.25, 0.3) is 0 Å². The lowest BCUT2D eigenvalue weighted by atomic mass is 10.2. The molecule has 0 spiro atoms. The minimum absolute atomic E-state index is 0.161. The molecule has 7 heteroatoms. The van der Waals surface area contributed by atoms with Gasteiger partial charge in [-0.05, 0) is 36.8 Å². The number of hydrogen-bond acceptors (Lipinski definition) is 6.